The van der Waals surface area contributed by atoms with Gasteiger partial charge >= 0.3 is 0 Å². The van der Waals surface area contributed by atoms with Crippen LogP contribution in [0.4, 0.5) is 0 Å². The van der Waals surface area contributed by atoms with Gasteiger partial charge in [0.25, 0.3) is 0 Å². The van der Waals surface area contributed by atoms with E-state index in [-0.39, 0.29) is 0 Å². The van der Waals surface area contributed by atoms with Crippen molar-refractivity contribution in [2.45, 2.75) is 32.4 Å². The standard InChI is InChI=1S/C11H23N3/c1-3-13-6-7-14(9-10(13)2)11-4-5-12-8-11/h10-12H,3-9H2,1-2H3. The van der Waals surface area contributed by atoms with Gasteiger partial charge in [-0.2, -0.15) is 0 Å². The molecule has 0 saturated carbocycles. The van der Waals surface area contributed by atoms with E-state index >= 15 is 0 Å². The summed E-state index contributed by atoms with van der Waals surface area (Å²) in [7, 11) is 0. The first kappa shape index (κ1) is 10.4. The van der Waals surface area contributed by atoms with E-state index in [1.54, 1.807) is 0 Å². The van der Waals surface area contributed by atoms with Gasteiger partial charge in [0.15, 0.2) is 0 Å². The molecule has 2 atom stereocenters. The van der Waals surface area contributed by atoms with Gasteiger partial charge < -0.3 is 5.32 Å². The molecule has 2 aliphatic heterocycles. The predicted octanol–water partition coefficient (Wildman–Crippen LogP) is 0.374. The number of nitrogens with one attached hydrogen (secondary N) is 1. The number of piperazine rings is 1. The summed E-state index contributed by atoms with van der Waals surface area (Å²) in [6, 6.07) is 1.56. The van der Waals surface area contributed by atoms with Gasteiger partial charge in [-0.25, -0.2) is 0 Å². The second kappa shape index (κ2) is 4.60. The number of likely N-dealkylation sites (N-methyl/N-ethyl adjacent to an activating group) is 1. The Morgan fingerprint density at radius 3 is 2.79 bits per heavy atom. The van der Waals surface area contributed by atoms with Crippen LogP contribution in [0.15, 0.2) is 0 Å². The fraction of sp³-hybridized carbons (Fsp3) is 1.00. The fourth-order valence-corrected chi connectivity index (χ4v) is 2.78. The van der Waals surface area contributed by atoms with E-state index in [1.807, 2.05) is 0 Å². The summed E-state index contributed by atoms with van der Waals surface area (Å²) in [5.74, 6) is 0. The molecule has 0 aromatic heterocycles. The van der Waals surface area contributed by atoms with E-state index < -0.39 is 0 Å². The summed E-state index contributed by atoms with van der Waals surface area (Å²) in [4.78, 5) is 5.26. The smallest absolute Gasteiger partial charge is 0.0233 e. The summed E-state index contributed by atoms with van der Waals surface area (Å²) >= 11 is 0. The van der Waals surface area contributed by atoms with Crippen LogP contribution in [0.3, 0.4) is 0 Å². The van der Waals surface area contributed by atoms with Gasteiger partial charge in [0.05, 0.1) is 0 Å². The molecule has 0 aromatic rings. The second-order valence-corrected chi connectivity index (χ2v) is 4.62. The molecule has 0 aromatic carbocycles. The van der Waals surface area contributed by atoms with Crippen molar-refractivity contribution >= 4 is 0 Å². The molecule has 1 N–H and O–H groups in total. The SMILES string of the molecule is CCN1CCN(C2CCNC2)CC1C. The maximum atomic E-state index is 3.45. The second-order valence-electron chi connectivity index (χ2n) is 4.62. The first-order valence-corrected chi connectivity index (χ1v) is 6.00. The van der Waals surface area contributed by atoms with Crippen LogP contribution in [0.1, 0.15) is 20.3 Å². The molecule has 3 nitrogen and oxygen atoms in total. The Kier molecular flexibility index (Phi) is 3.42. The third-order valence-corrected chi connectivity index (χ3v) is 3.75. The van der Waals surface area contributed by atoms with Crippen LogP contribution < -0.4 is 5.32 Å². The zero-order valence-electron chi connectivity index (χ0n) is 9.50. The predicted molar refractivity (Wildman–Crippen MR) is 59.6 cm³/mol. The van der Waals surface area contributed by atoms with Crippen LogP contribution in [0.25, 0.3) is 0 Å². The average molecular weight is 197 g/mol. The van der Waals surface area contributed by atoms with Gasteiger partial charge in [0.1, 0.15) is 0 Å². The number of hydrogen-bond donors (Lipinski definition) is 1. The van der Waals surface area contributed by atoms with Gasteiger partial charge in [-0.15, -0.1) is 0 Å². The third kappa shape index (κ3) is 2.10. The Balaban J connectivity index is 1.85. The molecule has 2 saturated heterocycles. The van der Waals surface area contributed by atoms with Gasteiger partial charge in [-0.1, -0.05) is 6.92 Å². The Morgan fingerprint density at radius 1 is 1.36 bits per heavy atom. The van der Waals surface area contributed by atoms with Crippen molar-refractivity contribution in [2.24, 2.45) is 0 Å². The summed E-state index contributed by atoms with van der Waals surface area (Å²) in [6.07, 6.45) is 1.35. The van der Waals surface area contributed by atoms with Crippen LogP contribution in [-0.2, 0) is 0 Å². The van der Waals surface area contributed by atoms with Crippen LogP contribution in [0.5, 0.6) is 0 Å². The van der Waals surface area contributed by atoms with Crippen molar-refractivity contribution in [1.82, 2.24) is 15.1 Å². The lowest BCUT2D eigenvalue weighted by molar-refractivity contribution is 0.0641. The van der Waals surface area contributed by atoms with Crippen molar-refractivity contribution in [1.29, 1.82) is 0 Å². The maximum absolute atomic E-state index is 3.45. The van der Waals surface area contributed by atoms with Gasteiger partial charge in [0, 0.05) is 38.3 Å². The largest absolute Gasteiger partial charge is 0.315 e. The molecule has 0 aliphatic carbocycles. The highest BCUT2D eigenvalue weighted by Crippen LogP contribution is 2.15. The lowest BCUT2D eigenvalue weighted by Crippen LogP contribution is -2.55. The lowest BCUT2D eigenvalue weighted by Gasteiger charge is -2.41. The zero-order chi connectivity index (χ0) is 9.97. The van der Waals surface area contributed by atoms with Crippen molar-refractivity contribution in [3.63, 3.8) is 0 Å². The van der Waals surface area contributed by atoms with Crippen LogP contribution in [-0.4, -0.2) is 61.2 Å². The first-order chi connectivity index (χ1) is 6.81. The topological polar surface area (TPSA) is 18.5 Å². The lowest BCUT2D eigenvalue weighted by atomic mass is 10.1. The molecular weight excluding hydrogens is 174 g/mol. The maximum Gasteiger partial charge on any atom is 0.0233 e. The number of rotatable bonds is 2. The molecule has 0 spiro atoms. The van der Waals surface area contributed by atoms with Crippen LogP contribution >= 0.6 is 0 Å². The molecule has 2 heterocycles. The molecule has 2 fully saturated rings. The van der Waals surface area contributed by atoms with E-state index in [1.165, 1.54) is 45.7 Å². The van der Waals surface area contributed by atoms with E-state index in [9.17, 15) is 0 Å². The molecule has 2 aliphatic rings. The van der Waals surface area contributed by atoms with Crippen molar-refractivity contribution in [2.75, 3.05) is 39.3 Å². The highest BCUT2D eigenvalue weighted by Gasteiger charge is 2.28. The quantitative estimate of drug-likeness (QED) is 0.690. The molecule has 2 rings (SSSR count). The molecule has 0 radical (unpaired) electrons. The third-order valence-electron chi connectivity index (χ3n) is 3.75. The Morgan fingerprint density at radius 2 is 2.21 bits per heavy atom. The first-order valence-electron chi connectivity index (χ1n) is 6.00. The summed E-state index contributed by atoms with van der Waals surface area (Å²) in [5.41, 5.74) is 0. The fourth-order valence-electron chi connectivity index (χ4n) is 2.78. The minimum Gasteiger partial charge on any atom is -0.315 e. The number of nitrogens with zero attached hydrogens (tertiary/aromatic N) is 2. The highest BCUT2D eigenvalue weighted by atomic mass is 15.3. The Bertz CT molecular complexity index is 177. The van der Waals surface area contributed by atoms with E-state index in [0.29, 0.717) is 0 Å². The van der Waals surface area contributed by atoms with Crippen LogP contribution in [0, 0.1) is 0 Å². The molecular formula is C11H23N3. The summed E-state index contributed by atoms with van der Waals surface area (Å²) in [5, 5.41) is 3.45. The number of hydrogen-bond acceptors (Lipinski definition) is 3. The van der Waals surface area contributed by atoms with Gasteiger partial charge in [0.2, 0.25) is 0 Å². The van der Waals surface area contributed by atoms with Gasteiger partial charge in [-0.05, 0) is 26.4 Å². The minimum absolute atomic E-state index is 0.745. The highest BCUT2D eigenvalue weighted by molar-refractivity contribution is 4.86. The molecule has 3 heteroatoms. The molecule has 82 valence electrons. The Hall–Kier alpha value is -0.120. The normalized spacial score (nSPS) is 36.4. The van der Waals surface area contributed by atoms with Crippen molar-refractivity contribution < 1.29 is 0 Å². The molecule has 14 heavy (non-hydrogen) atoms. The van der Waals surface area contributed by atoms with E-state index in [2.05, 4.69) is 29.0 Å². The minimum atomic E-state index is 0.745. The molecule has 0 amide bonds. The molecule has 2 unspecified atom stereocenters. The van der Waals surface area contributed by atoms with E-state index in [4.69, 9.17) is 0 Å². The van der Waals surface area contributed by atoms with Crippen LogP contribution in [0.2, 0.25) is 0 Å². The Labute approximate surface area is 87.4 Å². The van der Waals surface area contributed by atoms with Crippen molar-refractivity contribution in [3.05, 3.63) is 0 Å². The summed E-state index contributed by atoms with van der Waals surface area (Å²) in [6.45, 7) is 12.0. The average Bonchev–Trinajstić information content (AvgIpc) is 2.70. The monoisotopic (exact) mass is 197 g/mol. The molecule has 0 bridgehead atoms. The van der Waals surface area contributed by atoms with Crippen molar-refractivity contribution in [3.8, 4) is 0 Å². The van der Waals surface area contributed by atoms with Gasteiger partial charge in [-0.3, -0.25) is 9.80 Å². The summed E-state index contributed by atoms with van der Waals surface area (Å²) < 4.78 is 0. The zero-order valence-corrected chi connectivity index (χ0v) is 9.50. The van der Waals surface area contributed by atoms with E-state index in [0.717, 1.165) is 12.1 Å².